The first-order valence-electron chi connectivity index (χ1n) is 16.1. The molecule has 0 aliphatic carbocycles. The molecule has 1 atom stereocenters. The van der Waals surface area contributed by atoms with Gasteiger partial charge in [-0.25, -0.2) is 4.79 Å². The van der Waals surface area contributed by atoms with Crippen molar-refractivity contribution in [2.24, 2.45) is 0 Å². The van der Waals surface area contributed by atoms with Crippen molar-refractivity contribution in [3.8, 4) is 17.2 Å². The predicted octanol–water partition coefficient (Wildman–Crippen LogP) is 7.36. The van der Waals surface area contributed by atoms with E-state index < -0.39 is 17.6 Å². The van der Waals surface area contributed by atoms with Crippen molar-refractivity contribution in [2.75, 3.05) is 43.4 Å². The summed E-state index contributed by atoms with van der Waals surface area (Å²) in [6.07, 6.45) is -0.684. The molecular formula is C38H39ClN4O7. The molecule has 0 radical (unpaired) electrons. The molecule has 0 saturated heterocycles. The number of aromatic nitrogens is 1. The van der Waals surface area contributed by atoms with E-state index in [9.17, 15) is 14.4 Å². The molecule has 0 bridgehead atoms. The SMILES string of the molecule is COc1cc2cc(C(=O)N3CC(CCl)c4c3cc(OCc3ccccc3)c3cc(NC(=O)CNC(=O)OC(C)(C)C)ccc43)[nH]c2cc1OC. The van der Waals surface area contributed by atoms with Crippen molar-refractivity contribution in [2.45, 2.75) is 38.9 Å². The van der Waals surface area contributed by atoms with Crippen LogP contribution in [0.25, 0.3) is 21.7 Å². The van der Waals surface area contributed by atoms with E-state index >= 15 is 0 Å². The minimum absolute atomic E-state index is 0.163. The lowest BCUT2D eigenvalue weighted by molar-refractivity contribution is -0.115. The number of nitrogens with zero attached hydrogens (tertiary/aromatic N) is 1. The minimum Gasteiger partial charge on any atom is -0.493 e. The number of hydrogen-bond donors (Lipinski definition) is 3. The Hall–Kier alpha value is -5.42. The Morgan fingerprint density at radius 1 is 0.920 bits per heavy atom. The molecule has 0 fully saturated rings. The van der Waals surface area contributed by atoms with Gasteiger partial charge in [0.05, 0.1) is 19.9 Å². The number of halogens is 1. The van der Waals surface area contributed by atoms with Crippen molar-refractivity contribution in [1.82, 2.24) is 10.3 Å². The Labute approximate surface area is 294 Å². The van der Waals surface area contributed by atoms with E-state index in [1.54, 1.807) is 58.1 Å². The molecule has 0 saturated carbocycles. The molecule has 4 aromatic carbocycles. The number of hydrogen-bond acceptors (Lipinski definition) is 7. The molecule has 50 heavy (non-hydrogen) atoms. The molecule has 0 spiro atoms. The topological polar surface area (TPSA) is 131 Å². The smallest absolute Gasteiger partial charge is 0.408 e. The fourth-order valence-corrected chi connectivity index (χ4v) is 6.36. The molecule has 1 aliphatic rings. The van der Waals surface area contributed by atoms with Gasteiger partial charge in [-0.3, -0.25) is 9.59 Å². The van der Waals surface area contributed by atoms with Gasteiger partial charge in [0.1, 0.15) is 30.2 Å². The number of benzene rings is 4. The normalized spacial score (nSPS) is 14.0. The lowest BCUT2D eigenvalue weighted by Gasteiger charge is -2.20. The Bertz CT molecular complexity index is 2030. The number of ether oxygens (including phenoxy) is 4. The number of aromatic amines is 1. The summed E-state index contributed by atoms with van der Waals surface area (Å²) < 4.78 is 22.6. The summed E-state index contributed by atoms with van der Waals surface area (Å²) in [4.78, 5) is 44.1. The van der Waals surface area contributed by atoms with Gasteiger partial charge >= 0.3 is 6.09 Å². The number of carbonyl (C=O) groups is 3. The number of rotatable bonds is 10. The highest BCUT2D eigenvalue weighted by Crippen LogP contribution is 2.47. The number of fused-ring (bicyclic) bond motifs is 4. The summed E-state index contributed by atoms with van der Waals surface area (Å²) >= 11 is 6.56. The van der Waals surface area contributed by atoms with Crippen LogP contribution < -0.4 is 29.7 Å². The van der Waals surface area contributed by atoms with E-state index in [2.05, 4.69) is 15.6 Å². The second-order valence-electron chi connectivity index (χ2n) is 13.0. The van der Waals surface area contributed by atoms with Gasteiger partial charge < -0.3 is 39.5 Å². The van der Waals surface area contributed by atoms with Gasteiger partial charge in [0, 0.05) is 52.5 Å². The minimum atomic E-state index is -0.686. The number of carbonyl (C=O) groups excluding carboxylic acids is 3. The third kappa shape index (κ3) is 7.28. The Kier molecular flexibility index (Phi) is 9.79. The van der Waals surface area contributed by atoms with E-state index in [1.165, 1.54) is 0 Å². The van der Waals surface area contributed by atoms with Crippen LogP contribution >= 0.6 is 11.6 Å². The van der Waals surface area contributed by atoms with E-state index in [0.717, 1.165) is 32.8 Å². The van der Waals surface area contributed by atoms with Crippen LogP contribution in [0.3, 0.4) is 0 Å². The first-order chi connectivity index (χ1) is 24.0. The second kappa shape index (κ2) is 14.2. The number of alkyl carbamates (subject to hydrolysis) is 1. The first kappa shape index (κ1) is 34.4. The molecule has 1 aromatic heterocycles. The number of alkyl halides is 1. The lowest BCUT2D eigenvalue weighted by Crippen LogP contribution is -2.37. The number of H-pyrrole nitrogens is 1. The highest BCUT2D eigenvalue weighted by molar-refractivity contribution is 6.19. The van der Waals surface area contributed by atoms with Gasteiger partial charge in [-0.05, 0) is 61.5 Å². The maximum atomic E-state index is 14.2. The average Bonchev–Trinajstić information content (AvgIpc) is 3.69. The lowest BCUT2D eigenvalue weighted by atomic mass is 9.95. The highest BCUT2D eigenvalue weighted by atomic mass is 35.5. The van der Waals surface area contributed by atoms with Crippen molar-refractivity contribution < 1.29 is 33.3 Å². The Morgan fingerprint density at radius 2 is 1.66 bits per heavy atom. The van der Waals surface area contributed by atoms with Gasteiger partial charge in [0.2, 0.25) is 5.91 Å². The van der Waals surface area contributed by atoms with E-state index in [-0.39, 0.29) is 30.9 Å². The van der Waals surface area contributed by atoms with Crippen LogP contribution in [0.15, 0.2) is 72.8 Å². The Balaban J connectivity index is 1.35. The number of nitrogens with one attached hydrogen (secondary N) is 3. The summed E-state index contributed by atoms with van der Waals surface area (Å²) in [5, 5.41) is 7.72. The molecule has 3 N–H and O–H groups in total. The predicted molar refractivity (Wildman–Crippen MR) is 194 cm³/mol. The van der Waals surface area contributed by atoms with Crippen LogP contribution in [-0.2, 0) is 16.1 Å². The molecule has 260 valence electrons. The zero-order valence-corrected chi connectivity index (χ0v) is 29.3. The van der Waals surface area contributed by atoms with E-state index in [1.807, 2.05) is 54.6 Å². The maximum absolute atomic E-state index is 14.2. The van der Waals surface area contributed by atoms with Crippen molar-refractivity contribution >= 4 is 62.6 Å². The molecule has 1 aliphatic heterocycles. The van der Waals surface area contributed by atoms with Crippen LogP contribution in [0.4, 0.5) is 16.2 Å². The van der Waals surface area contributed by atoms with Crippen LogP contribution in [0.1, 0.15) is 48.3 Å². The number of amides is 3. The highest BCUT2D eigenvalue weighted by Gasteiger charge is 2.36. The molecule has 5 aromatic rings. The van der Waals surface area contributed by atoms with Crippen LogP contribution in [0.2, 0.25) is 0 Å². The number of anilines is 2. The van der Waals surface area contributed by atoms with Gasteiger partial charge in [-0.15, -0.1) is 11.6 Å². The summed E-state index contributed by atoms with van der Waals surface area (Å²) in [6, 6.07) is 22.6. The quantitative estimate of drug-likeness (QED) is 0.130. The third-order valence-corrected chi connectivity index (χ3v) is 8.69. The zero-order chi connectivity index (χ0) is 35.6. The van der Waals surface area contributed by atoms with Gasteiger partial charge in [-0.1, -0.05) is 36.4 Å². The summed E-state index contributed by atoms with van der Waals surface area (Å²) in [5.74, 6) is 1.12. The van der Waals surface area contributed by atoms with E-state index in [4.69, 9.17) is 30.5 Å². The third-order valence-electron chi connectivity index (χ3n) is 8.32. The molecule has 3 amide bonds. The van der Waals surface area contributed by atoms with Crippen LogP contribution in [0, 0.1) is 0 Å². The molecule has 6 rings (SSSR count). The van der Waals surface area contributed by atoms with E-state index in [0.29, 0.717) is 40.9 Å². The van der Waals surface area contributed by atoms with Crippen molar-refractivity contribution in [3.63, 3.8) is 0 Å². The Morgan fingerprint density at radius 3 is 2.36 bits per heavy atom. The van der Waals surface area contributed by atoms with Gasteiger partial charge in [0.25, 0.3) is 5.91 Å². The monoisotopic (exact) mass is 698 g/mol. The first-order valence-corrected chi connectivity index (χ1v) is 16.7. The van der Waals surface area contributed by atoms with Crippen molar-refractivity contribution in [3.05, 3.63) is 89.6 Å². The maximum Gasteiger partial charge on any atom is 0.408 e. The zero-order valence-electron chi connectivity index (χ0n) is 28.5. The fourth-order valence-electron chi connectivity index (χ4n) is 6.11. The molecule has 2 heterocycles. The standard InChI is InChI=1S/C38H39ClN4O7/c1-38(2,3)50-37(46)40-19-34(44)41-25-11-12-26-27(15-25)31(49-21-22-9-7-6-8-10-22)17-30-35(26)24(18-39)20-43(30)36(45)29-13-23-14-32(47-4)33(48-5)16-28(23)42-29/h6-17,24,42H,18-21H2,1-5H3,(H,40,46)(H,41,44). The van der Waals surface area contributed by atoms with Crippen molar-refractivity contribution in [1.29, 1.82) is 0 Å². The van der Waals surface area contributed by atoms with Gasteiger partial charge in [0.15, 0.2) is 11.5 Å². The summed E-state index contributed by atoms with van der Waals surface area (Å²) in [6.45, 7) is 5.62. The fraction of sp³-hybridized carbons (Fsp3) is 0.289. The number of methoxy groups -OCH3 is 2. The average molecular weight is 699 g/mol. The summed E-state index contributed by atoms with van der Waals surface area (Å²) in [5.41, 5.74) is 3.54. The summed E-state index contributed by atoms with van der Waals surface area (Å²) in [7, 11) is 3.13. The molecule has 12 heteroatoms. The largest absolute Gasteiger partial charge is 0.493 e. The van der Waals surface area contributed by atoms with Crippen LogP contribution in [0.5, 0.6) is 17.2 Å². The molecule has 11 nitrogen and oxygen atoms in total. The second-order valence-corrected chi connectivity index (χ2v) is 13.3. The molecular weight excluding hydrogens is 660 g/mol. The van der Waals surface area contributed by atoms with Crippen LogP contribution in [-0.4, -0.2) is 61.7 Å². The van der Waals surface area contributed by atoms with Gasteiger partial charge in [-0.2, -0.15) is 0 Å². The molecule has 1 unspecified atom stereocenters.